The van der Waals surface area contributed by atoms with Gasteiger partial charge in [-0.05, 0) is 23.3 Å². The molecule has 5 nitrogen and oxygen atoms in total. The molecule has 3 rings (SSSR count). The van der Waals surface area contributed by atoms with Crippen LogP contribution in [-0.4, -0.2) is 43.2 Å². The molecule has 0 bridgehead atoms. The van der Waals surface area contributed by atoms with E-state index in [0.717, 1.165) is 11.1 Å². The second-order valence-electron chi connectivity index (χ2n) is 4.96. The minimum absolute atomic E-state index is 0. The lowest BCUT2D eigenvalue weighted by atomic mass is 10.1. The van der Waals surface area contributed by atoms with Crippen LogP contribution in [0.1, 0.15) is 21.5 Å². The van der Waals surface area contributed by atoms with Gasteiger partial charge in [0.2, 0.25) is 0 Å². The summed E-state index contributed by atoms with van der Waals surface area (Å²) in [5.74, 6) is 0.0523. The van der Waals surface area contributed by atoms with Crippen LogP contribution in [0.5, 0.6) is 0 Å². The van der Waals surface area contributed by atoms with E-state index in [1.54, 1.807) is 0 Å². The number of benzene rings is 1. The zero-order chi connectivity index (χ0) is 13.2. The normalized spacial score (nSPS) is 21.2. The van der Waals surface area contributed by atoms with Gasteiger partial charge in [-0.2, -0.15) is 0 Å². The predicted molar refractivity (Wildman–Crippen MR) is 76.9 cm³/mol. The first-order valence-electron chi connectivity index (χ1n) is 6.58. The molecule has 1 amide bonds. The van der Waals surface area contributed by atoms with Crippen LogP contribution in [0.3, 0.4) is 0 Å². The number of morpholine rings is 1. The van der Waals surface area contributed by atoms with Crippen molar-refractivity contribution in [3.8, 4) is 0 Å². The Labute approximate surface area is 124 Å². The third-order valence-electron chi connectivity index (χ3n) is 3.66. The van der Waals surface area contributed by atoms with Crippen LogP contribution in [0.15, 0.2) is 18.2 Å². The van der Waals surface area contributed by atoms with Crippen molar-refractivity contribution in [3.63, 3.8) is 0 Å². The number of carbonyl (C=O) groups excluding carboxylic acids is 1. The molecular formula is C14H19ClN2O3. The molecule has 2 aliphatic heterocycles. The maximum Gasteiger partial charge on any atom is 0.254 e. The smallest absolute Gasteiger partial charge is 0.254 e. The van der Waals surface area contributed by atoms with Gasteiger partial charge in [-0.15, -0.1) is 12.4 Å². The molecule has 1 aromatic carbocycles. The largest absolute Gasteiger partial charge is 0.373 e. The minimum atomic E-state index is -0.0459. The number of amides is 1. The van der Waals surface area contributed by atoms with Crippen LogP contribution in [-0.2, 0) is 22.7 Å². The molecule has 0 aliphatic carbocycles. The van der Waals surface area contributed by atoms with Crippen LogP contribution in [0, 0.1) is 0 Å². The van der Waals surface area contributed by atoms with E-state index in [2.05, 4.69) is 0 Å². The molecular weight excluding hydrogens is 280 g/mol. The Bertz CT molecular complexity index is 495. The molecule has 1 fully saturated rings. The van der Waals surface area contributed by atoms with Gasteiger partial charge in [-0.3, -0.25) is 4.79 Å². The maximum atomic E-state index is 12.4. The summed E-state index contributed by atoms with van der Waals surface area (Å²) in [6, 6.07) is 5.80. The fourth-order valence-electron chi connectivity index (χ4n) is 2.53. The van der Waals surface area contributed by atoms with Gasteiger partial charge in [0.25, 0.3) is 5.91 Å². The fourth-order valence-corrected chi connectivity index (χ4v) is 2.53. The van der Waals surface area contributed by atoms with Crippen molar-refractivity contribution in [3.05, 3.63) is 34.9 Å². The van der Waals surface area contributed by atoms with E-state index in [4.69, 9.17) is 15.2 Å². The Kier molecular flexibility index (Phi) is 4.99. The van der Waals surface area contributed by atoms with E-state index in [0.29, 0.717) is 39.5 Å². The average molecular weight is 299 g/mol. The number of ether oxygens (including phenoxy) is 2. The summed E-state index contributed by atoms with van der Waals surface area (Å²) < 4.78 is 10.8. The zero-order valence-corrected chi connectivity index (χ0v) is 12.0. The lowest BCUT2D eigenvalue weighted by molar-refractivity contribution is -0.0167. The second kappa shape index (κ2) is 6.54. The monoisotopic (exact) mass is 298 g/mol. The lowest BCUT2D eigenvalue weighted by Gasteiger charge is -2.32. The van der Waals surface area contributed by atoms with E-state index in [1.165, 1.54) is 5.56 Å². The van der Waals surface area contributed by atoms with Gasteiger partial charge in [0.1, 0.15) is 0 Å². The summed E-state index contributed by atoms with van der Waals surface area (Å²) in [6.07, 6.45) is -0.0459. The molecule has 1 unspecified atom stereocenters. The fraction of sp³-hybridized carbons (Fsp3) is 0.500. The highest BCUT2D eigenvalue weighted by Crippen LogP contribution is 2.22. The third-order valence-corrected chi connectivity index (χ3v) is 3.66. The van der Waals surface area contributed by atoms with Crippen LogP contribution < -0.4 is 5.73 Å². The number of fused-ring (bicyclic) bond motifs is 1. The topological polar surface area (TPSA) is 64.8 Å². The first-order chi connectivity index (χ1) is 9.28. The highest BCUT2D eigenvalue weighted by molar-refractivity contribution is 5.94. The number of nitrogens with two attached hydrogens (primary N) is 1. The standard InChI is InChI=1S/C14H18N2O3.ClH/c15-6-13-7-16(3-4-19-13)14(17)10-1-2-11-8-18-9-12(11)5-10;/h1-2,5,13H,3-4,6-9,15H2;1H. The third kappa shape index (κ3) is 2.96. The van der Waals surface area contributed by atoms with Crippen molar-refractivity contribution in [2.45, 2.75) is 19.3 Å². The van der Waals surface area contributed by atoms with Gasteiger partial charge in [0, 0.05) is 25.2 Å². The van der Waals surface area contributed by atoms with Gasteiger partial charge >= 0.3 is 0 Å². The average Bonchev–Trinajstić information content (AvgIpc) is 2.94. The number of hydrogen-bond donors (Lipinski definition) is 1. The Morgan fingerprint density at radius 2 is 2.15 bits per heavy atom. The Morgan fingerprint density at radius 3 is 2.95 bits per heavy atom. The van der Waals surface area contributed by atoms with Gasteiger partial charge in [-0.1, -0.05) is 6.07 Å². The van der Waals surface area contributed by atoms with Crippen LogP contribution in [0.2, 0.25) is 0 Å². The van der Waals surface area contributed by atoms with E-state index >= 15 is 0 Å². The van der Waals surface area contributed by atoms with Gasteiger partial charge in [0.15, 0.2) is 0 Å². The molecule has 1 atom stereocenters. The molecule has 0 aromatic heterocycles. The molecule has 20 heavy (non-hydrogen) atoms. The molecule has 0 spiro atoms. The maximum absolute atomic E-state index is 12.4. The number of halogens is 1. The number of rotatable bonds is 2. The van der Waals surface area contributed by atoms with Gasteiger partial charge < -0.3 is 20.1 Å². The Balaban J connectivity index is 0.00000147. The molecule has 2 heterocycles. The molecule has 2 N–H and O–H groups in total. The van der Waals surface area contributed by atoms with Gasteiger partial charge in [0.05, 0.1) is 25.9 Å². The van der Waals surface area contributed by atoms with E-state index < -0.39 is 0 Å². The summed E-state index contributed by atoms with van der Waals surface area (Å²) >= 11 is 0. The number of carbonyl (C=O) groups is 1. The van der Waals surface area contributed by atoms with Crippen LogP contribution in [0.25, 0.3) is 0 Å². The highest BCUT2D eigenvalue weighted by atomic mass is 35.5. The van der Waals surface area contributed by atoms with Crippen molar-refractivity contribution in [1.29, 1.82) is 0 Å². The first kappa shape index (κ1) is 15.3. The van der Waals surface area contributed by atoms with E-state index in [-0.39, 0.29) is 24.4 Å². The lowest BCUT2D eigenvalue weighted by Crippen LogP contribution is -2.48. The van der Waals surface area contributed by atoms with Crippen molar-refractivity contribution < 1.29 is 14.3 Å². The van der Waals surface area contributed by atoms with Crippen molar-refractivity contribution >= 4 is 18.3 Å². The van der Waals surface area contributed by atoms with E-state index in [9.17, 15) is 4.79 Å². The predicted octanol–water partition coefficient (Wildman–Crippen LogP) is 0.938. The summed E-state index contributed by atoms with van der Waals surface area (Å²) in [5, 5.41) is 0. The van der Waals surface area contributed by atoms with Crippen molar-refractivity contribution in [1.82, 2.24) is 4.90 Å². The molecule has 2 aliphatic rings. The molecule has 0 radical (unpaired) electrons. The SMILES string of the molecule is Cl.NCC1CN(C(=O)c2ccc3c(c2)COC3)CCO1. The quantitative estimate of drug-likeness (QED) is 0.882. The molecule has 1 saturated heterocycles. The van der Waals surface area contributed by atoms with Crippen LogP contribution >= 0.6 is 12.4 Å². The summed E-state index contributed by atoms with van der Waals surface area (Å²) in [5.41, 5.74) is 8.62. The highest BCUT2D eigenvalue weighted by Gasteiger charge is 2.25. The van der Waals surface area contributed by atoms with Gasteiger partial charge in [-0.25, -0.2) is 0 Å². The van der Waals surface area contributed by atoms with E-state index in [1.807, 2.05) is 23.1 Å². The minimum Gasteiger partial charge on any atom is -0.373 e. The molecule has 6 heteroatoms. The summed E-state index contributed by atoms with van der Waals surface area (Å²) in [7, 11) is 0. The van der Waals surface area contributed by atoms with Crippen molar-refractivity contribution in [2.24, 2.45) is 5.73 Å². The summed E-state index contributed by atoms with van der Waals surface area (Å²) in [6.45, 7) is 3.46. The van der Waals surface area contributed by atoms with Crippen LogP contribution in [0.4, 0.5) is 0 Å². The molecule has 1 aromatic rings. The zero-order valence-electron chi connectivity index (χ0n) is 11.2. The Morgan fingerprint density at radius 1 is 1.35 bits per heavy atom. The number of nitrogens with zero attached hydrogens (tertiary/aromatic N) is 1. The molecule has 110 valence electrons. The second-order valence-corrected chi connectivity index (χ2v) is 4.96. The van der Waals surface area contributed by atoms with Crippen molar-refractivity contribution in [2.75, 3.05) is 26.2 Å². The number of hydrogen-bond acceptors (Lipinski definition) is 4. The summed E-state index contributed by atoms with van der Waals surface area (Å²) in [4.78, 5) is 14.3. The molecule has 0 saturated carbocycles. The Hall–Kier alpha value is -1.14. The first-order valence-corrected chi connectivity index (χ1v) is 6.58.